The van der Waals surface area contributed by atoms with E-state index in [1.807, 2.05) is 42.5 Å². The fraction of sp³-hybridized carbons (Fsp3) is 0.296. The van der Waals surface area contributed by atoms with Gasteiger partial charge in [0.2, 0.25) is 0 Å². The van der Waals surface area contributed by atoms with Crippen molar-refractivity contribution in [1.29, 1.82) is 0 Å². The van der Waals surface area contributed by atoms with Gasteiger partial charge in [-0.15, -0.1) is 0 Å². The minimum absolute atomic E-state index is 0.230. The summed E-state index contributed by atoms with van der Waals surface area (Å²) < 4.78 is 11.9. The van der Waals surface area contributed by atoms with E-state index in [1.54, 1.807) is 7.11 Å². The number of methoxy groups -OCH3 is 1. The lowest BCUT2D eigenvalue weighted by Crippen LogP contribution is -2.39. The number of carbonyl (C=O) groups is 1. The van der Waals surface area contributed by atoms with Gasteiger partial charge < -0.3 is 19.5 Å². The van der Waals surface area contributed by atoms with Gasteiger partial charge in [0, 0.05) is 24.1 Å². The van der Waals surface area contributed by atoms with Crippen LogP contribution in [0.4, 0.5) is 4.79 Å². The van der Waals surface area contributed by atoms with Crippen LogP contribution in [0.2, 0.25) is 0 Å². The average Bonchev–Trinajstić information content (AvgIpc) is 3.19. The minimum atomic E-state index is -0.923. The summed E-state index contributed by atoms with van der Waals surface area (Å²) in [6.07, 6.45) is 0.175. The maximum Gasteiger partial charge on any atom is 0.407 e. The topological polar surface area (TPSA) is 59.0 Å². The molecule has 1 atom stereocenters. The van der Waals surface area contributed by atoms with Crippen molar-refractivity contribution in [1.82, 2.24) is 4.90 Å². The molecule has 0 bridgehead atoms. The third-order valence-corrected chi connectivity index (χ3v) is 6.07. The summed E-state index contributed by atoms with van der Waals surface area (Å²) in [5.74, 6) is 1.62. The van der Waals surface area contributed by atoms with Crippen molar-refractivity contribution in [2.75, 3.05) is 20.2 Å². The molecule has 1 aliphatic rings. The third-order valence-electron chi connectivity index (χ3n) is 6.07. The second-order valence-electron chi connectivity index (χ2n) is 8.34. The van der Waals surface area contributed by atoms with Crippen molar-refractivity contribution < 1.29 is 19.4 Å². The fourth-order valence-corrected chi connectivity index (χ4v) is 4.47. The van der Waals surface area contributed by atoms with Gasteiger partial charge >= 0.3 is 6.09 Å². The molecular formula is C27H29NO4. The summed E-state index contributed by atoms with van der Waals surface area (Å²) >= 11 is 0. The highest BCUT2D eigenvalue weighted by molar-refractivity contribution is 5.79. The smallest absolute Gasteiger partial charge is 0.407 e. The predicted molar refractivity (Wildman–Crippen MR) is 126 cm³/mol. The molecule has 0 fully saturated rings. The van der Waals surface area contributed by atoms with Crippen LogP contribution in [-0.4, -0.2) is 42.4 Å². The molecule has 32 heavy (non-hydrogen) atoms. The second kappa shape index (κ2) is 9.35. The van der Waals surface area contributed by atoms with Gasteiger partial charge in [0.15, 0.2) is 0 Å². The number of hydrogen-bond acceptors (Lipinski definition) is 3. The summed E-state index contributed by atoms with van der Waals surface area (Å²) in [5.41, 5.74) is 6.66. The van der Waals surface area contributed by atoms with Crippen LogP contribution in [0.5, 0.6) is 11.5 Å². The number of hydrogen-bond donors (Lipinski definition) is 1. The largest absolute Gasteiger partial charge is 0.497 e. The first-order chi connectivity index (χ1) is 15.5. The number of fused-ring (bicyclic) bond motifs is 1. The van der Waals surface area contributed by atoms with Gasteiger partial charge in [-0.05, 0) is 54.7 Å². The van der Waals surface area contributed by atoms with Crippen molar-refractivity contribution in [2.24, 2.45) is 0 Å². The SMILES string of the molecule is COc1cc2c(c(-c3c(C)cccc3C)c1)OC(CN(CCc1ccccc1)C(=O)O)C2. The molecule has 0 radical (unpaired) electrons. The van der Waals surface area contributed by atoms with Crippen molar-refractivity contribution in [3.63, 3.8) is 0 Å². The monoisotopic (exact) mass is 431 g/mol. The van der Waals surface area contributed by atoms with Crippen molar-refractivity contribution in [3.8, 4) is 22.6 Å². The van der Waals surface area contributed by atoms with E-state index in [1.165, 1.54) is 16.0 Å². The van der Waals surface area contributed by atoms with E-state index in [2.05, 4.69) is 32.0 Å². The molecule has 5 heteroatoms. The van der Waals surface area contributed by atoms with Gasteiger partial charge in [-0.25, -0.2) is 4.79 Å². The molecule has 1 unspecified atom stereocenters. The molecule has 0 saturated carbocycles. The van der Waals surface area contributed by atoms with Crippen LogP contribution in [0.15, 0.2) is 60.7 Å². The second-order valence-corrected chi connectivity index (χ2v) is 8.34. The number of nitrogens with zero attached hydrogens (tertiary/aromatic N) is 1. The van der Waals surface area contributed by atoms with Gasteiger partial charge in [0.05, 0.1) is 13.7 Å². The zero-order valence-electron chi connectivity index (χ0n) is 18.8. The number of rotatable bonds is 7. The molecule has 1 aliphatic heterocycles. The Morgan fingerprint density at radius 2 is 1.81 bits per heavy atom. The van der Waals surface area contributed by atoms with E-state index in [0.717, 1.165) is 33.8 Å². The first-order valence-electron chi connectivity index (χ1n) is 10.9. The summed E-state index contributed by atoms with van der Waals surface area (Å²) in [6.45, 7) is 4.95. The molecule has 0 saturated heterocycles. The quantitative estimate of drug-likeness (QED) is 0.536. The summed E-state index contributed by atoms with van der Waals surface area (Å²) in [5, 5.41) is 9.77. The Hall–Kier alpha value is -3.47. The highest BCUT2D eigenvalue weighted by Crippen LogP contribution is 2.44. The number of ether oxygens (including phenoxy) is 2. The van der Waals surface area contributed by atoms with E-state index in [4.69, 9.17) is 9.47 Å². The predicted octanol–water partition coefficient (Wildman–Crippen LogP) is 5.51. The highest BCUT2D eigenvalue weighted by atomic mass is 16.5. The molecule has 3 aromatic carbocycles. The normalized spacial score (nSPS) is 14.5. The van der Waals surface area contributed by atoms with Crippen LogP contribution >= 0.6 is 0 Å². The zero-order chi connectivity index (χ0) is 22.7. The van der Waals surface area contributed by atoms with E-state index < -0.39 is 6.09 Å². The lowest BCUT2D eigenvalue weighted by molar-refractivity contribution is 0.117. The van der Waals surface area contributed by atoms with Crippen LogP contribution in [0.3, 0.4) is 0 Å². The fourth-order valence-electron chi connectivity index (χ4n) is 4.47. The van der Waals surface area contributed by atoms with E-state index in [-0.39, 0.29) is 6.10 Å². The Morgan fingerprint density at radius 3 is 2.47 bits per heavy atom. The Bertz CT molecular complexity index is 1090. The van der Waals surface area contributed by atoms with E-state index in [9.17, 15) is 9.90 Å². The van der Waals surface area contributed by atoms with Crippen LogP contribution in [0.25, 0.3) is 11.1 Å². The third kappa shape index (κ3) is 4.57. The Morgan fingerprint density at radius 1 is 1.09 bits per heavy atom. The highest BCUT2D eigenvalue weighted by Gasteiger charge is 2.30. The Labute approximate surface area is 189 Å². The number of carboxylic acid groups (broad SMARTS) is 1. The number of amides is 1. The van der Waals surface area contributed by atoms with E-state index >= 15 is 0 Å². The molecule has 4 rings (SSSR count). The average molecular weight is 432 g/mol. The lowest BCUT2D eigenvalue weighted by atomic mass is 9.93. The Balaban J connectivity index is 1.57. The maximum atomic E-state index is 11.9. The molecule has 0 aliphatic carbocycles. The maximum absolute atomic E-state index is 11.9. The standard InChI is InChI=1S/C27H29NO4/c1-18-8-7-9-19(2)25(18)24-16-22(31-3)14-21-15-23(32-26(21)24)17-28(27(29)30)13-12-20-10-5-4-6-11-20/h4-11,14,16,23H,12-13,15,17H2,1-3H3,(H,29,30). The van der Waals surface area contributed by atoms with Gasteiger partial charge in [0.1, 0.15) is 17.6 Å². The van der Waals surface area contributed by atoms with Gasteiger partial charge in [-0.2, -0.15) is 0 Å². The van der Waals surface area contributed by atoms with Crippen LogP contribution < -0.4 is 9.47 Å². The van der Waals surface area contributed by atoms with Gasteiger partial charge in [-0.1, -0.05) is 48.5 Å². The van der Waals surface area contributed by atoms with Gasteiger partial charge in [-0.3, -0.25) is 0 Å². The number of benzene rings is 3. The number of aryl methyl sites for hydroxylation is 2. The molecule has 1 N–H and O–H groups in total. The van der Waals surface area contributed by atoms with Crippen LogP contribution in [-0.2, 0) is 12.8 Å². The van der Waals surface area contributed by atoms with E-state index in [0.29, 0.717) is 25.9 Å². The summed E-state index contributed by atoms with van der Waals surface area (Å²) in [7, 11) is 1.67. The van der Waals surface area contributed by atoms with Crippen LogP contribution in [0, 0.1) is 13.8 Å². The lowest BCUT2D eigenvalue weighted by Gasteiger charge is -2.23. The van der Waals surface area contributed by atoms with Crippen molar-refractivity contribution in [3.05, 3.63) is 82.9 Å². The minimum Gasteiger partial charge on any atom is -0.497 e. The van der Waals surface area contributed by atoms with Crippen molar-refractivity contribution in [2.45, 2.75) is 32.8 Å². The van der Waals surface area contributed by atoms with Crippen molar-refractivity contribution >= 4 is 6.09 Å². The first-order valence-corrected chi connectivity index (χ1v) is 10.9. The molecule has 5 nitrogen and oxygen atoms in total. The zero-order valence-corrected chi connectivity index (χ0v) is 18.8. The first kappa shape index (κ1) is 21.8. The molecule has 166 valence electrons. The molecule has 0 spiro atoms. The molecule has 0 aromatic heterocycles. The molecule has 3 aromatic rings. The summed E-state index contributed by atoms with van der Waals surface area (Å²) in [4.78, 5) is 13.4. The summed E-state index contributed by atoms with van der Waals surface area (Å²) in [6, 6.07) is 20.2. The molecule has 1 amide bonds. The van der Waals surface area contributed by atoms with Crippen LogP contribution in [0.1, 0.15) is 22.3 Å². The molecular weight excluding hydrogens is 402 g/mol. The molecule has 1 heterocycles. The Kier molecular flexibility index (Phi) is 6.35. The van der Waals surface area contributed by atoms with Gasteiger partial charge in [0.25, 0.3) is 0 Å².